The number of carboxylic acid groups (broad SMARTS) is 1. The molecule has 0 aliphatic carbocycles. The lowest BCUT2D eigenvalue weighted by molar-refractivity contribution is 0.0693. The number of phenols is 1. The van der Waals surface area contributed by atoms with E-state index in [1.54, 1.807) is 0 Å². The van der Waals surface area contributed by atoms with Gasteiger partial charge in [-0.05, 0) is 18.2 Å². The Bertz CT molecular complexity index is 838. The van der Waals surface area contributed by atoms with Gasteiger partial charge in [0.2, 0.25) is 5.09 Å². The van der Waals surface area contributed by atoms with Crippen LogP contribution in [0.1, 0.15) is 10.4 Å². The summed E-state index contributed by atoms with van der Waals surface area (Å²) in [5, 5.41) is 18.9. The molecule has 0 atom stereocenters. The minimum atomic E-state index is -1.26. The number of carboxylic acids is 1. The molecule has 24 heavy (non-hydrogen) atoms. The summed E-state index contributed by atoms with van der Waals surface area (Å²) < 4.78 is 12.0. The first kappa shape index (κ1) is 16.3. The molecule has 2 heterocycles. The Morgan fingerprint density at radius 1 is 1.33 bits per heavy atom. The maximum Gasteiger partial charge on any atom is 0.339 e. The van der Waals surface area contributed by atoms with E-state index in [-0.39, 0.29) is 22.7 Å². The summed E-state index contributed by atoms with van der Waals surface area (Å²) in [6.07, 6.45) is 0. The third-order valence-electron chi connectivity index (χ3n) is 3.56. The normalized spacial score (nSPS) is 15.7. The predicted octanol–water partition coefficient (Wildman–Crippen LogP) is 0.556. The third kappa shape index (κ3) is 3.05. The van der Waals surface area contributed by atoms with Gasteiger partial charge in [0, 0.05) is 13.1 Å². The lowest BCUT2D eigenvalue weighted by Gasteiger charge is -2.27. The first-order valence-electron chi connectivity index (χ1n) is 7.11. The summed E-state index contributed by atoms with van der Waals surface area (Å²) in [7, 11) is 0. The number of aromatic nitrogens is 1. The van der Waals surface area contributed by atoms with E-state index < -0.39 is 5.97 Å². The number of nitrogens with two attached hydrogens (primary N) is 1. The molecule has 0 saturated carbocycles. The van der Waals surface area contributed by atoms with Gasteiger partial charge in [-0.3, -0.25) is 0 Å². The standard InChI is InChI=1S/C14H16N4O5S/c15-18-11(17-3-5-22-6-4-17)13(24)23-14(18)16-8-1-2-10(19)9(7-8)12(20)21/h1-2,7,19,24H,3-6,15H2,(H,20,21)/b16-14+. The zero-order chi connectivity index (χ0) is 17.3. The molecule has 0 radical (unpaired) electrons. The maximum absolute atomic E-state index is 11.1. The number of nitrogen functional groups attached to an aromatic ring is 1. The molecule has 128 valence electrons. The number of thiol groups is 1. The highest BCUT2D eigenvalue weighted by atomic mass is 32.1. The molecule has 0 amide bonds. The van der Waals surface area contributed by atoms with Crippen molar-refractivity contribution in [1.29, 1.82) is 0 Å². The van der Waals surface area contributed by atoms with E-state index in [0.29, 0.717) is 37.2 Å². The second kappa shape index (κ2) is 6.49. The number of ether oxygens (including phenoxy) is 1. The maximum atomic E-state index is 11.1. The van der Waals surface area contributed by atoms with Crippen molar-refractivity contribution in [1.82, 2.24) is 4.68 Å². The van der Waals surface area contributed by atoms with Crippen molar-refractivity contribution < 1.29 is 24.2 Å². The van der Waals surface area contributed by atoms with Crippen LogP contribution in [0.2, 0.25) is 0 Å². The minimum Gasteiger partial charge on any atom is -0.507 e. The summed E-state index contributed by atoms with van der Waals surface area (Å²) in [4.78, 5) is 17.2. The number of aromatic hydroxyl groups is 1. The van der Waals surface area contributed by atoms with Gasteiger partial charge < -0.3 is 30.1 Å². The van der Waals surface area contributed by atoms with Gasteiger partial charge in [0.05, 0.1) is 18.9 Å². The van der Waals surface area contributed by atoms with Crippen LogP contribution < -0.4 is 16.4 Å². The summed E-state index contributed by atoms with van der Waals surface area (Å²) in [5.41, 5.74) is 0.0782. The molecular weight excluding hydrogens is 336 g/mol. The summed E-state index contributed by atoms with van der Waals surface area (Å²) >= 11 is 4.29. The van der Waals surface area contributed by atoms with Gasteiger partial charge in [0.15, 0.2) is 5.82 Å². The van der Waals surface area contributed by atoms with Crippen LogP contribution in [0.25, 0.3) is 0 Å². The van der Waals surface area contributed by atoms with Crippen molar-refractivity contribution >= 4 is 30.1 Å². The van der Waals surface area contributed by atoms with E-state index >= 15 is 0 Å². The third-order valence-corrected chi connectivity index (χ3v) is 3.85. The molecule has 4 N–H and O–H groups in total. The van der Waals surface area contributed by atoms with E-state index in [4.69, 9.17) is 20.1 Å². The van der Waals surface area contributed by atoms with Gasteiger partial charge in [0.1, 0.15) is 11.3 Å². The fourth-order valence-corrected chi connectivity index (χ4v) is 2.72. The van der Waals surface area contributed by atoms with Crippen LogP contribution in [0.15, 0.2) is 32.7 Å². The molecule has 2 aromatic rings. The Hall–Kier alpha value is -2.59. The Kier molecular flexibility index (Phi) is 4.40. The molecular formula is C14H16N4O5S. The van der Waals surface area contributed by atoms with E-state index in [9.17, 15) is 9.90 Å². The van der Waals surface area contributed by atoms with E-state index in [1.807, 2.05) is 4.90 Å². The molecule has 1 saturated heterocycles. The highest BCUT2D eigenvalue weighted by Gasteiger charge is 2.21. The van der Waals surface area contributed by atoms with Crippen LogP contribution >= 0.6 is 12.6 Å². The first-order valence-corrected chi connectivity index (χ1v) is 7.55. The second-order valence-corrected chi connectivity index (χ2v) is 5.51. The monoisotopic (exact) mass is 352 g/mol. The fourth-order valence-electron chi connectivity index (χ4n) is 2.39. The summed E-state index contributed by atoms with van der Waals surface area (Å²) in [6, 6.07) is 3.93. The average molecular weight is 352 g/mol. The van der Waals surface area contributed by atoms with Gasteiger partial charge >= 0.3 is 11.7 Å². The van der Waals surface area contributed by atoms with Gasteiger partial charge in [0.25, 0.3) is 0 Å². The van der Waals surface area contributed by atoms with Crippen LogP contribution in [0.3, 0.4) is 0 Å². The molecule has 1 aromatic carbocycles. The van der Waals surface area contributed by atoms with Crippen molar-refractivity contribution in [2.75, 3.05) is 37.0 Å². The largest absolute Gasteiger partial charge is 0.507 e. The lowest BCUT2D eigenvalue weighted by atomic mass is 10.2. The highest BCUT2D eigenvalue weighted by Crippen LogP contribution is 2.25. The van der Waals surface area contributed by atoms with Crippen LogP contribution in [-0.2, 0) is 4.74 Å². The Morgan fingerprint density at radius 2 is 2.04 bits per heavy atom. The molecule has 1 aliphatic rings. The number of hydrogen-bond donors (Lipinski definition) is 4. The topological polar surface area (TPSA) is 126 Å². The molecule has 0 spiro atoms. The molecule has 0 unspecified atom stereocenters. The first-order chi connectivity index (χ1) is 11.5. The minimum absolute atomic E-state index is 0.0588. The number of nitrogens with zero attached hydrogens (tertiary/aromatic N) is 3. The van der Waals surface area contributed by atoms with Crippen molar-refractivity contribution in [3.05, 3.63) is 29.4 Å². The Balaban J connectivity index is 2.02. The van der Waals surface area contributed by atoms with Gasteiger partial charge in [-0.25, -0.2) is 4.79 Å². The van der Waals surface area contributed by atoms with Crippen LogP contribution in [0.5, 0.6) is 5.75 Å². The number of carbonyl (C=O) groups is 1. The van der Waals surface area contributed by atoms with Crippen molar-refractivity contribution in [3.8, 4) is 5.75 Å². The van der Waals surface area contributed by atoms with E-state index in [1.165, 1.54) is 22.9 Å². The number of rotatable bonds is 3. The smallest absolute Gasteiger partial charge is 0.339 e. The van der Waals surface area contributed by atoms with Gasteiger partial charge in [-0.2, -0.15) is 9.67 Å². The van der Waals surface area contributed by atoms with Crippen LogP contribution in [0.4, 0.5) is 11.5 Å². The summed E-state index contributed by atoms with van der Waals surface area (Å²) in [6.45, 7) is 2.44. The van der Waals surface area contributed by atoms with Crippen molar-refractivity contribution in [3.63, 3.8) is 0 Å². The second-order valence-electron chi connectivity index (χ2n) is 5.10. The summed E-state index contributed by atoms with van der Waals surface area (Å²) in [5.74, 6) is 5.01. The zero-order valence-electron chi connectivity index (χ0n) is 12.5. The molecule has 1 aromatic heterocycles. The predicted molar refractivity (Wildman–Crippen MR) is 87.4 cm³/mol. The Morgan fingerprint density at radius 3 is 2.71 bits per heavy atom. The highest BCUT2D eigenvalue weighted by molar-refractivity contribution is 7.80. The molecule has 10 heteroatoms. The van der Waals surface area contributed by atoms with Gasteiger partial charge in [-0.1, -0.05) is 0 Å². The molecule has 1 aliphatic heterocycles. The number of morpholine rings is 1. The average Bonchev–Trinajstić information content (AvgIpc) is 2.83. The molecule has 3 rings (SSSR count). The van der Waals surface area contributed by atoms with Crippen molar-refractivity contribution in [2.45, 2.75) is 5.09 Å². The number of oxazole rings is 1. The zero-order valence-corrected chi connectivity index (χ0v) is 13.4. The Labute approximate surface area is 142 Å². The van der Waals surface area contributed by atoms with Gasteiger partial charge in [-0.15, -0.1) is 12.6 Å². The molecule has 1 fully saturated rings. The van der Waals surface area contributed by atoms with Crippen LogP contribution in [-0.4, -0.2) is 47.2 Å². The van der Waals surface area contributed by atoms with E-state index in [0.717, 1.165) is 0 Å². The number of aromatic carboxylic acids is 1. The van der Waals surface area contributed by atoms with Crippen molar-refractivity contribution in [2.24, 2.45) is 4.99 Å². The lowest BCUT2D eigenvalue weighted by Crippen LogP contribution is -2.40. The van der Waals surface area contributed by atoms with E-state index in [2.05, 4.69) is 17.6 Å². The quantitative estimate of drug-likeness (QED) is 0.469. The number of anilines is 1. The SMILES string of the molecule is Nn1c(N2CCOCC2)c(S)o/c1=N/c1ccc(O)c(C(=O)O)c1. The number of benzene rings is 1. The number of hydrogen-bond acceptors (Lipinski definition) is 8. The van der Waals surface area contributed by atoms with Crippen LogP contribution in [0, 0.1) is 0 Å². The fraction of sp³-hybridized carbons (Fsp3) is 0.286. The molecule has 9 nitrogen and oxygen atoms in total. The molecule has 0 bridgehead atoms.